The first-order valence-electron chi connectivity index (χ1n) is 9.40. The second-order valence-electron chi connectivity index (χ2n) is 6.54. The Morgan fingerprint density at radius 2 is 1.57 bits per heavy atom. The number of carbonyl (C=O) groups excluding carboxylic acids is 2. The highest BCUT2D eigenvalue weighted by Gasteiger charge is 2.16. The summed E-state index contributed by atoms with van der Waals surface area (Å²) in [6.45, 7) is 1.41. The van der Waals surface area contributed by atoms with E-state index < -0.39 is 0 Å². The van der Waals surface area contributed by atoms with Crippen molar-refractivity contribution in [3.05, 3.63) is 95.9 Å². The molecule has 5 nitrogen and oxygen atoms in total. The van der Waals surface area contributed by atoms with Crippen LogP contribution in [0.4, 0.5) is 0 Å². The molecule has 3 rings (SSSR count). The van der Waals surface area contributed by atoms with Crippen LogP contribution < -0.4 is 5.32 Å². The van der Waals surface area contributed by atoms with Crippen LogP contribution in [0.1, 0.15) is 34.5 Å². The summed E-state index contributed by atoms with van der Waals surface area (Å²) in [4.78, 5) is 26.6. The van der Waals surface area contributed by atoms with Crippen molar-refractivity contribution in [2.45, 2.75) is 25.9 Å². The van der Waals surface area contributed by atoms with Crippen molar-refractivity contribution in [2.75, 3.05) is 6.54 Å². The normalized spacial score (nSPS) is 10.4. The smallest absolute Gasteiger partial charge is 0.251 e. The van der Waals surface area contributed by atoms with Crippen LogP contribution in [0.5, 0.6) is 0 Å². The van der Waals surface area contributed by atoms with Gasteiger partial charge in [0.15, 0.2) is 0 Å². The third kappa shape index (κ3) is 5.84. The van der Waals surface area contributed by atoms with E-state index in [0.29, 0.717) is 38.0 Å². The van der Waals surface area contributed by atoms with Crippen LogP contribution in [-0.4, -0.2) is 23.3 Å². The van der Waals surface area contributed by atoms with Gasteiger partial charge < -0.3 is 14.6 Å². The van der Waals surface area contributed by atoms with E-state index in [2.05, 4.69) is 5.32 Å². The van der Waals surface area contributed by atoms with E-state index in [0.717, 1.165) is 11.3 Å². The topological polar surface area (TPSA) is 62.6 Å². The molecule has 0 bridgehead atoms. The lowest BCUT2D eigenvalue weighted by Gasteiger charge is -2.22. The van der Waals surface area contributed by atoms with Crippen molar-refractivity contribution >= 4 is 11.8 Å². The molecule has 1 N–H and O–H groups in total. The van der Waals surface area contributed by atoms with Crippen LogP contribution in [0, 0.1) is 0 Å². The number of amides is 2. The summed E-state index contributed by atoms with van der Waals surface area (Å²) >= 11 is 0. The zero-order valence-electron chi connectivity index (χ0n) is 15.7. The molecule has 0 fully saturated rings. The highest BCUT2D eigenvalue weighted by Crippen LogP contribution is 2.12. The average Bonchev–Trinajstić information content (AvgIpc) is 3.25. The summed E-state index contributed by atoms with van der Waals surface area (Å²) in [5, 5.41) is 2.86. The van der Waals surface area contributed by atoms with Gasteiger partial charge in [-0.2, -0.15) is 0 Å². The molecule has 2 aromatic carbocycles. The van der Waals surface area contributed by atoms with Crippen LogP contribution in [0.15, 0.2) is 83.5 Å². The number of rotatable bonds is 9. The maximum absolute atomic E-state index is 12.8. The van der Waals surface area contributed by atoms with Gasteiger partial charge in [-0.1, -0.05) is 48.5 Å². The van der Waals surface area contributed by atoms with Gasteiger partial charge in [0.1, 0.15) is 5.76 Å². The fourth-order valence-corrected chi connectivity index (χ4v) is 2.92. The molecule has 0 atom stereocenters. The second kappa shape index (κ2) is 10.1. The number of benzene rings is 2. The fraction of sp³-hybridized carbons (Fsp3) is 0.217. The molecule has 3 aromatic rings. The van der Waals surface area contributed by atoms with E-state index in [-0.39, 0.29) is 11.8 Å². The van der Waals surface area contributed by atoms with Gasteiger partial charge in [0.2, 0.25) is 5.91 Å². The molecular weight excluding hydrogens is 352 g/mol. The first-order valence-corrected chi connectivity index (χ1v) is 9.40. The third-order valence-corrected chi connectivity index (χ3v) is 4.38. The molecule has 28 heavy (non-hydrogen) atoms. The van der Waals surface area contributed by atoms with Gasteiger partial charge in [0.25, 0.3) is 5.91 Å². The Bertz CT molecular complexity index is 861. The largest absolute Gasteiger partial charge is 0.467 e. The lowest BCUT2D eigenvalue weighted by atomic mass is 10.2. The van der Waals surface area contributed by atoms with Gasteiger partial charge >= 0.3 is 0 Å². The molecule has 0 saturated carbocycles. The molecule has 0 radical (unpaired) electrons. The lowest BCUT2D eigenvalue weighted by Crippen LogP contribution is -2.31. The van der Waals surface area contributed by atoms with Crippen LogP contribution in [0.25, 0.3) is 0 Å². The Balaban J connectivity index is 1.51. The molecule has 0 spiro atoms. The second-order valence-corrected chi connectivity index (χ2v) is 6.54. The minimum absolute atomic E-state index is 0.0363. The summed E-state index contributed by atoms with van der Waals surface area (Å²) in [6, 6.07) is 22.6. The van der Waals surface area contributed by atoms with Crippen molar-refractivity contribution in [2.24, 2.45) is 0 Å². The summed E-state index contributed by atoms with van der Waals surface area (Å²) in [5.41, 5.74) is 1.69. The van der Waals surface area contributed by atoms with Gasteiger partial charge in [0.05, 0.1) is 12.8 Å². The van der Waals surface area contributed by atoms with E-state index >= 15 is 0 Å². The van der Waals surface area contributed by atoms with Gasteiger partial charge in [-0.25, -0.2) is 0 Å². The Morgan fingerprint density at radius 1 is 0.857 bits per heavy atom. The van der Waals surface area contributed by atoms with Crippen LogP contribution >= 0.6 is 0 Å². The van der Waals surface area contributed by atoms with Gasteiger partial charge in [-0.05, 0) is 36.2 Å². The molecule has 0 aliphatic carbocycles. The summed E-state index contributed by atoms with van der Waals surface area (Å²) in [6.07, 6.45) is 2.56. The molecule has 2 amide bonds. The van der Waals surface area contributed by atoms with Gasteiger partial charge in [-0.3, -0.25) is 9.59 Å². The number of nitrogens with zero attached hydrogens (tertiary/aromatic N) is 1. The van der Waals surface area contributed by atoms with Gasteiger partial charge in [-0.15, -0.1) is 0 Å². The molecule has 0 saturated heterocycles. The SMILES string of the molecule is O=C(NCCCC(=O)N(Cc1ccccc1)Cc1ccco1)c1ccccc1. The highest BCUT2D eigenvalue weighted by atomic mass is 16.3. The molecule has 1 heterocycles. The first-order chi connectivity index (χ1) is 13.7. The van der Waals surface area contributed by atoms with Crippen molar-refractivity contribution in [3.63, 3.8) is 0 Å². The predicted octanol–water partition coefficient (Wildman–Crippen LogP) is 4.02. The maximum Gasteiger partial charge on any atom is 0.251 e. The Hall–Kier alpha value is -3.34. The number of nitrogens with one attached hydrogen (secondary N) is 1. The molecule has 0 unspecified atom stereocenters. The van der Waals surface area contributed by atoms with Crippen LogP contribution in [-0.2, 0) is 17.9 Å². The van der Waals surface area contributed by atoms with E-state index in [1.165, 1.54) is 0 Å². The third-order valence-electron chi connectivity index (χ3n) is 4.38. The zero-order valence-corrected chi connectivity index (χ0v) is 15.7. The quantitative estimate of drug-likeness (QED) is 0.574. The van der Waals surface area contributed by atoms with E-state index in [1.807, 2.05) is 60.7 Å². The fourth-order valence-electron chi connectivity index (χ4n) is 2.92. The van der Waals surface area contributed by atoms with E-state index in [4.69, 9.17) is 4.42 Å². The predicted molar refractivity (Wildman–Crippen MR) is 107 cm³/mol. The number of furan rings is 1. The zero-order chi connectivity index (χ0) is 19.6. The minimum Gasteiger partial charge on any atom is -0.467 e. The molecule has 0 aliphatic rings. The number of hydrogen-bond acceptors (Lipinski definition) is 3. The Labute approximate surface area is 165 Å². The Kier molecular flexibility index (Phi) is 7.01. The van der Waals surface area contributed by atoms with E-state index in [1.54, 1.807) is 23.3 Å². The highest BCUT2D eigenvalue weighted by molar-refractivity contribution is 5.94. The minimum atomic E-state index is -0.121. The lowest BCUT2D eigenvalue weighted by molar-refractivity contribution is -0.132. The summed E-state index contributed by atoms with van der Waals surface area (Å²) in [7, 11) is 0. The number of carbonyl (C=O) groups is 2. The number of hydrogen-bond donors (Lipinski definition) is 1. The monoisotopic (exact) mass is 376 g/mol. The maximum atomic E-state index is 12.8. The summed E-state index contributed by atoms with van der Waals surface area (Å²) < 4.78 is 5.41. The molecule has 1 aromatic heterocycles. The van der Waals surface area contributed by atoms with Crippen molar-refractivity contribution < 1.29 is 14.0 Å². The molecule has 0 aliphatic heterocycles. The molecule has 144 valence electrons. The molecular formula is C23H24N2O3. The standard InChI is InChI=1S/C23H24N2O3/c26-22(14-7-15-24-23(27)20-11-5-2-6-12-20)25(18-21-13-8-16-28-21)17-19-9-3-1-4-10-19/h1-6,8-13,16H,7,14-15,17-18H2,(H,24,27). The average molecular weight is 376 g/mol. The Morgan fingerprint density at radius 3 is 2.25 bits per heavy atom. The van der Waals surface area contributed by atoms with Gasteiger partial charge in [0, 0.05) is 25.1 Å². The van der Waals surface area contributed by atoms with E-state index in [9.17, 15) is 9.59 Å². The summed E-state index contributed by atoms with van der Waals surface area (Å²) in [5.74, 6) is 0.667. The van der Waals surface area contributed by atoms with Crippen molar-refractivity contribution in [1.29, 1.82) is 0 Å². The van der Waals surface area contributed by atoms with Crippen LogP contribution in [0.3, 0.4) is 0 Å². The first kappa shape index (κ1) is 19.4. The van der Waals surface area contributed by atoms with Crippen LogP contribution in [0.2, 0.25) is 0 Å². The van der Waals surface area contributed by atoms with Crippen molar-refractivity contribution in [1.82, 2.24) is 10.2 Å². The molecule has 5 heteroatoms. The van der Waals surface area contributed by atoms with Crippen molar-refractivity contribution in [3.8, 4) is 0 Å².